The van der Waals surface area contributed by atoms with Crippen LogP contribution in [0.5, 0.6) is 0 Å². The van der Waals surface area contributed by atoms with E-state index in [1.807, 2.05) is 36.4 Å². The van der Waals surface area contributed by atoms with Crippen LogP contribution in [-0.2, 0) is 4.74 Å². The van der Waals surface area contributed by atoms with Crippen LogP contribution in [0, 0.1) is 0 Å². The summed E-state index contributed by atoms with van der Waals surface area (Å²) in [6.45, 7) is 0.266. The molecule has 3 nitrogen and oxygen atoms in total. The van der Waals surface area contributed by atoms with Crippen LogP contribution in [0.15, 0.2) is 60.7 Å². The Balaban J connectivity index is 2.10. The van der Waals surface area contributed by atoms with Crippen LogP contribution in [0.4, 0.5) is 0 Å². The molecule has 0 aromatic heterocycles. The van der Waals surface area contributed by atoms with E-state index in [-0.39, 0.29) is 12.5 Å². The fourth-order valence-electron chi connectivity index (χ4n) is 1.69. The molecule has 0 fully saturated rings. The van der Waals surface area contributed by atoms with E-state index < -0.39 is 6.10 Å². The Morgan fingerprint density at radius 2 is 1.56 bits per heavy atom. The summed E-state index contributed by atoms with van der Waals surface area (Å²) in [5.74, 6) is -0.352. The summed E-state index contributed by atoms with van der Waals surface area (Å²) < 4.78 is 5.41. The van der Waals surface area contributed by atoms with E-state index in [9.17, 15) is 4.79 Å². The van der Waals surface area contributed by atoms with Crippen LogP contribution in [0.25, 0.3) is 0 Å². The Bertz CT molecular complexity index is 496. The second kappa shape index (κ2) is 5.98. The second-order valence-electron chi connectivity index (χ2n) is 3.91. The fraction of sp³-hybridized carbons (Fsp3) is 0.133. The molecule has 0 bridgehead atoms. The Hall–Kier alpha value is -2.13. The molecule has 18 heavy (non-hydrogen) atoms. The number of nitrogens with two attached hydrogens (primary N) is 1. The smallest absolute Gasteiger partial charge is 0.338 e. The van der Waals surface area contributed by atoms with Gasteiger partial charge in [-0.05, 0) is 17.7 Å². The molecule has 0 aliphatic heterocycles. The molecule has 0 radical (unpaired) electrons. The van der Waals surface area contributed by atoms with Gasteiger partial charge < -0.3 is 10.5 Å². The van der Waals surface area contributed by atoms with E-state index in [1.54, 1.807) is 24.3 Å². The maximum absolute atomic E-state index is 11.9. The van der Waals surface area contributed by atoms with Crippen molar-refractivity contribution in [2.24, 2.45) is 5.73 Å². The number of carbonyl (C=O) groups is 1. The van der Waals surface area contributed by atoms with Crippen LogP contribution in [0.3, 0.4) is 0 Å². The minimum absolute atomic E-state index is 0.266. The third kappa shape index (κ3) is 2.96. The van der Waals surface area contributed by atoms with Crippen molar-refractivity contribution in [2.45, 2.75) is 6.10 Å². The van der Waals surface area contributed by atoms with Crippen molar-refractivity contribution in [3.8, 4) is 0 Å². The molecule has 0 spiro atoms. The van der Waals surface area contributed by atoms with E-state index >= 15 is 0 Å². The Morgan fingerprint density at radius 1 is 1.00 bits per heavy atom. The maximum atomic E-state index is 11.9. The van der Waals surface area contributed by atoms with E-state index in [1.165, 1.54) is 0 Å². The summed E-state index contributed by atoms with van der Waals surface area (Å²) in [5, 5.41) is 0. The predicted octanol–water partition coefficient (Wildman–Crippen LogP) is 2.54. The number of hydrogen-bond donors (Lipinski definition) is 1. The zero-order chi connectivity index (χ0) is 12.8. The summed E-state index contributed by atoms with van der Waals surface area (Å²) in [6, 6.07) is 18.4. The average molecular weight is 241 g/mol. The van der Waals surface area contributed by atoms with Gasteiger partial charge in [-0.2, -0.15) is 0 Å². The first-order valence-electron chi connectivity index (χ1n) is 5.82. The molecule has 0 saturated heterocycles. The summed E-state index contributed by atoms with van der Waals surface area (Å²) in [4.78, 5) is 11.9. The van der Waals surface area contributed by atoms with E-state index in [0.717, 1.165) is 5.56 Å². The summed E-state index contributed by atoms with van der Waals surface area (Å²) in [7, 11) is 0. The van der Waals surface area contributed by atoms with Gasteiger partial charge in [-0.1, -0.05) is 48.5 Å². The van der Waals surface area contributed by atoms with Crippen LogP contribution >= 0.6 is 0 Å². The predicted molar refractivity (Wildman–Crippen MR) is 70.1 cm³/mol. The van der Waals surface area contributed by atoms with Gasteiger partial charge in [0.15, 0.2) is 0 Å². The zero-order valence-electron chi connectivity index (χ0n) is 9.95. The van der Waals surface area contributed by atoms with Crippen molar-refractivity contribution in [3.63, 3.8) is 0 Å². The highest BCUT2D eigenvalue weighted by Gasteiger charge is 2.15. The van der Waals surface area contributed by atoms with Crippen molar-refractivity contribution >= 4 is 5.97 Å². The van der Waals surface area contributed by atoms with Crippen LogP contribution in [0.2, 0.25) is 0 Å². The van der Waals surface area contributed by atoms with Gasteiger partial charge in [0.2, 0.25) is 0 Å². The normalized spacial score (nSPS) is 11.8. The van der Waals surface area contributed by atoms with Gasteiger partial charge in [0, 0.05) is 6.54 Å². The Morgan fingerprint density at radius 3 is 2.11 bits per heavy atom. The second-order valence-corrected chi connectivity index (χ2v) is 3.91. The van der Waals surface area contributed by atoms with Crippen molar-refractivity contribution < 1.29 is 9.53 Å². The quantitative estimate of drug-likeness (QED) is 0.837. The monoisotopic (exact) mass is 241 g/mol. The highest BCUT2D eigenvalue weighted by atomic mass is 16.5. The van der Waals surface area contributed by atoms with Gasteiger partial charge >= 0.3 is 5.97 Å². The van der Waals surface area contributed by atoms with Gasteiger partial charge in [-0.3, -0.25) is 0 Å². The average Bonchev–Trinajstić information content (AvgIpc) is 2.46. The van der Waals surface area contributed by atoms with Crippen LogP contribution < -0.4 is 5.73 Å². The van der Waals surface area contributed by atoms with E-state index in [2.05, 4.69) is 0 Å². The van der Waals surface area contributed by atoms with Crippen molar-refractivity contribution in [1.29, 1.82) is 0 Å². The molecule has 0 heterocycles. The molecule has 92 valence electrons. The molecule has 2 aromatic rings. The summed E-state index contributed by atoms with van der Waals surface area (Å²) in [6.07, 6.45) is -0.404. The first-order valence-corrected chi connectivity index (χ1v) is 5.82. The lowest BCUT2D eigenvalue weighted by atomic mass is 10.1. The van der Waals surface area contributed by atoms with Gasteiger partial charge in [0.05, 0.1) is 5.56 Å². The third-order valence-electron chi connectivity index (χ3n) is 2.64. The number of hydrogen-bond acceptors (Lipinski definition) is 3. The number of ether oxygens (including phenoxy) is 1. The molecule has 2 rings (SSSR count). The number of rotatable bonds is 4. The molecule has 1 atom stereocenters. The van der Waals surface area contributed by atoms with Gasteiger partial charge in [-0.25, -0.2) is 4.79 Å². The first kappa shape index (κ1) is 12.3. The topological polar surface area (TPSA) is 52.3 Å². The molecule has 0 saturated carbocycles. The standard InChI is InChI=1S/C15H15NO2/c16-11-14(12-7-3-1-4-8-12)18-15(17)13-9-5-2-6-10-13/h1-10,14H,11,16H2/t14-/m0/s1. The lowest BCUT2D eigenvalue weighted by Gasteiger charge is -2.16. The van der Waals surface area contributed by atoms with Crippen molar-refractivity contribution in [1.82, 2.24) is 0 Å². The zero-order valence-corrected chi connectivity index (χ0v) is 9.95. The van der Waals surface area contributed by atoms with E-state index in [0.29, 0.717) is 5.56 Å². The Labute approximate surface area is 106 Å². The van der Waals surface area contributed by atoms with Gasteiger partial charge in [0.25, 0.3) is 0 Å². The van der Waals surface area contributed by atoms with E-state index in [4.69, 9.17) is 10.5 Å². The molecule has 0 unspecified atom stereocenters. The van der Waals surface area contributed by atoms with Gasteiger partial charge in [-0.15, -0.1) is 0 Å². The molecular formula is C15H15NO2. The number of benzene rings is 2. The minimum atomic E-state index is -0.404. The minimum Gasteiger partial charge on any atom is -0.453 e. The van der Waals surface area contributed by atoms with Gasteiger partial charge in [0.1, 0.15) is 6.10 Å². The molecule has 0 aliphatic carbocycles. The first-order chi connectivity index (χ1) is 8.81. The lowest BCUT2D eigenvalue weighted by molar-refractivity contribution is 0.0316. The number of carbonyl (C=O) groups excluding carboxylic acids is 1. The summed E-state index contributed by atoms with van der Waals surface area (Å²) in [5.41, 5.74) is 7.09. The molecule has 0 amide bonds. The molecule has 2 aromatic carbocycles. The van der Waals surface area contributed by atoms with Crippen molar-refractivity contribution in [3.05, 3.63) is 71.8 Å². The van der Waals surface area contributed by atoms with Crippen molar-refractivity contribution in [2.75, 3.05) is 6.54 Å². The molecule has 2 N–H and O–H groups in total. The molecular weight excluding hydrogens is 226 g/mol. The lowest BCUT2D eigenvalue weighted by Crippen LogP contribution is -2.19. The fourth-order valence-corrected chi connectivity index (χ4v) is 1.69. The third-order valence-corrected chi connectivity index (χ3v) is 2.64. The molecule has 3 heteroatoms. The summed E-state index contributed by atoms with van der Waals surface area (Å²) >= 11 is 0. The SMILES string of the molecule is NC[C@H](OC(=O)c1ccccc1)c1ccccc1. The largest absolute Gasteiger partial charge is 0.453 e. The van der Waals surface area contributed by atoms with Crippen LogP contribution in [-0.4, -0.2) is 12.5 Å². The highest BCUT2D eigenvalue weighted by molar-refractivity contribution is 5.89. The highest BCUT2D eigenvalue weighted by Crippen LogP contribution is 2.17. The van der Waals surface area contributed by atoms with Crippen LogP contribution in [0.1, 0.15) is 22.0 Å². The Kier molecular flexibility index (Phi) is 4.10. The maximum Gasteiger partial charge on any atom is 0.338 e. The number of esters is 1. The molecule has 0 aliphatic rings.